The fourth-order valence-corrected chi connectivity index (χ4v) is 4.20. The Bertz CT molecular complexity index is 906. The SMILES string of the molecule is CC(=O)c1cccc(S(=O)(=O)NCc2ccccc2C[NH+]2CCOCC2)c1. The van der Waals surface area contributed by atoms with Gasteiger partial charge in [-0.25, -0.2) is 13.1 Å². The molecule has 1 fully saturated rings. The highest BCUT2D eigenvalue weighted by Crippen LogP contribution is 2.14. The van der Waals surface area contributed by atoms with Gasteiger partial charge in [-0.2, -0.15) is 0 Å². The van der Waals surface area contributed by atoms with E-state index < -0.39 is 10.0 Å². The van der Waals surface area contributed by atoms with Gasteiger partial charge in [0.05, 0.1) is 18.1 Å². The van der Waals surface area contributed by atoms with Crippen LogP contribution in [-0.2, 0) is 27.8 Å². The van der Waals surface area contributed by atoms with Crippen molar-refractivity contribution in [2.45, 2.75) is 24.9 Å². The van der Waals surface area contributed by atoms with E-state index in [0.717, 1.165) is 44.0 Å². The van der Waals surface area contributed by atoms with Crippen LogP contribution in [0.15, 0.2) is 53.4 Å². The van der Waals surface area contributed by atoms with Crippen molar-refractivity contribution in [2.24, 2.45) is 0 Å². The van der Waals surface area contributed by atoms with Crippen molar-refractivity contribution in [3.05, 3.63) is 65.2 Å². The van der Waals surface area contributed by atoms with Crippen LogP contribution in [0.4, 0.5) is 0 Å². The number of nitrogens with one attached hydrogen (secondary N) is 2. The number of ether oxygens (including phenoxy) is 1. The van der Waals surface area contributed by atoms with E-state index >= 15 is 0 Å². The Balaban J connectivity index is 1.72. The minimum absolute atomic E-state index is 0.103. The lowest BCUT2D eigenvalue weighted by atomic mass is 10.1. The predicted molar refractivity (Wildman–Crippen MR) is 102 cm³/mol. The third-order valence-corrected chi connectivity index (χ3v) is 6.16. The van der Waals surface area contributed by atoms with Gasteiger partial charge in [-0.1, -0.05) is 36.4 Å². The summed E-state index contributed by atoms with van der Waals surface area (Å²) in [5, 5.41) is 0. The van der Waals surface area contributed by atoms with Crippen LogP contribution in [0.3, 0.4) is 0 Å². The van der Waals surface area contributed by atoms with Gasteiger partial charge in [0.1, 0.15) is 19.6 Å². The van der Waals surface area contributed by atoms with Crippen molar-refractivity contribution in [3.8, 4) is 0 Å². The maximum Gasteiger partial charge on any atom is 0.240 e. The molecule has 1 saturated heterocycles. The third kappa shape index (κ3) is 5.23. The molecule has 1 heterocycles. The molecule has 0 unspecified atom stereocenters. The number of rotatable bonds is 7. The summed E-state index contributed by atoms with van der Waals surface area (Å²) in [6.07, 6.45) is 0. The Kier molecular flexibility index (Phi) is 6.38. The smallest absolute Gasteiger partial charge is 0.240 e. The van der Waals surface area contributed by atoms with E-state index in [-0.39, 0.29) is 17.2 Å². The molecule has 7 heteroatoms. The highest BCUT2D eigenvalue weighted by molar-refractivity contribution is 7.89. The Morgan fingerprint density at radius 2 is 1.78 bits per heavy atom. The van der Waals surface area contributed by atoms with Crippen molar-refractivity contribution in [3.63, 3.8) is 0 Å². The van der Waals surface area contributed by atoms with Crippen LogP contribution in [0.2, 0.25) is 0 Å². The summed E-state index contributed by atoms with van der Waals surface area (Å²) in [6, 6.07) is 14.0. The molecule has 2 aromatic carbocycles. The number of quaternary nitrogens is 1. The average Bonchev–Trinajstić information content (AvgIpc) is 2.68. The second-order valence-electron chi connectivity index (χ2n) is 6.72. The molecule has 27 heavy (non-hydrogen) atoms. The summed E-state index contributed by atoms with van der Waals surface area (Å²) in [5.41, 5.74) is 2.48. The Morgan fingerprint density at radius 3 is 2.48 bits per heavy atom. The monoisotopic (exact) mass is 389 g/mol. The van der Waals surface area contributed by atoms with Crippen LogP contribution in [0, 0.1) is 0 Å². The fraction of sp³-hybridized carbons (Fsp3) is 0.350. The predicted octanol–water partition coefficient (Wildman–Crippen LogP) is 0.783. The molecular formula is C20H25N2O4S+. The first kappa shape index (κ1) is 19.7. The van der Waals surface area contributed by atoms with Crippen molar-refractivity contribution < 1.29 is 22.8 Å². The highest BCUT2D eigenvalue weighted by Gasteiger charge is 2.18. The Hall–Kier alpha value is -2.06. The van der Waals surface area contributed by atoms with Crippen molar-refractivity contribution in [1.82, 2.24) is 4.72 Å². The molecular weight excluding hydrogens is 364 g/mol. The fourth-order valence-electron chi connectivity index (χ4n) is 3.15. The van der Waals surface area contributed by atoms with Crippen molar-refractivity contribution in [1.29, 1.82) is 0 Å². The number of carbonyl (C=O) groups excluding carboxylic acids is 1. The highest BCUT2D eigenvalue weighted by atomic mass is 32.2. The summed E-state index contributed by atoms with van der Waals surface area (Å²) < 4.78 is 33.3. The standard InChI is InChI=1S/C20H24N2O4S/c1-16(23)17-7-4-8-20(13-17)27(24,25)21-14-18-5-2-3-6-19(18)15-22-9-11-26-12-10-22/h2-8,13,21H,9-12,14-15H2,1H3/p+1. The zero-order valence-electron chi connectivity index (χ0n) is 15.4. The summed E-state index contributed by atoms with van der Waals surface area (Å²) in [7, 11) is -3.69. The molecule has 0 bridgehead atoms. The second kappa shape index (κ2) is 8.75. The number of carbonyl (C=O) groups is 1. The van der Waals surface area contributed by atoms with E-state index in [1.54, 1.807) is 12.1 Å². The van der Waals surface area contributed by atoms with Crippen LogP contribution >= 0.6 is 0 Å². The number of benzene rings is 2. The lowest BCUT2D eigenvalue weighted by molar-refractivity contribution is -0.921. The van der Waals surface area contributed by atoms with Crippen LogP contribution in [0.1, 0.15) is 28.4 Å². The molecule has 0 aliphatic carbocycles. The Labute approximate surface area is 160 Å². The first-order chi connectivity index (χ1) is 13.0. The quantitative estimate of drug-likeness (QED) is 0.687. The van der Waals surface area contributed by atoms with Gasteiger partial charge in [0.25, 0.3) is 0 Å². The first-order valence-corrected chi connectivity index (χ1v) is 10.5. The van der Waals surface area contributed by atoms with Gasteiger partial charge in [-0.3, -0.25) is 4.79 Å². The van der Waals surface area contributed by atoms with Crippen molar-refractivity contribution in [2.75, 3.05) is 26.3 Å². The minimum atomic E-state index is -3.69. The van der Waals surface area contributed by atoms with Crippen LogP contribution < -0.4 is 9.62 Å². The van der Waals surface area contributed by atoms with Crippen LogP contribution in [-0.4, -0.2) is 40.5 Å². The third-order valence-electron chi connectivity index (χ3n) is 4.76. The van der Waals surface area contributed by atoms with Crippen LogP contribution in [0.25, 0.3) is 0 Å². The van der Waals surface area contributed by atoms with E-state index in [4.69, 9.17) is 4.74 Å². The Morgan fingerprint density at radius 1 is 1.07 bits per heavy atom. The number of hydrogen-bond donors (Lipinski definition) is 2. The molecule has 6 nitrogen and oxygen atoms in total. The average molecular weight is 389 g/mol. The minimum Gasteiger partial charge on any atom is -0.370 e. The van der Waals surface area contributed by atoms with Gasteiger partial charge in [0.2, 0.25) is 10.0 Å². The van der Waals surface area contributed by atoms with Gasteiger partial charge in [0.15, 0.2) is 5.78 Å². The summed E-state index contributed by atoms with van der Waals surface area (Å²) in [6.45, 7) is 5.92. The summed E-state index contributed by atoms with van der Waals surface area (Å²) in [4.78, 5) is 13.1. The maximum atomic E-state index is 12.6. The molecule has 1 aliphatic rings. The zero-order valence-corrected chi connectivity index (χ0v) is 16.2. The molecule has 0 saturated carbocycles. The van der Waals surface area contributed by atoms with Gasteiger partial charge < -0.3 is 9.64 Å². The number of ketones is 1. The van der Waals surface area contributed by atoms with Gasteiger partial charge in [-0.15, -0.1) is 0 Å². The molecule has 0 spiro atoms. The largest absolute Gasteiger partial charge is 0.370 e. The molecule has 0 amide bonds. The maximum absolute atomic E-state index is 12.6. The molecule has 144 valence electrons. The molecule has 3 rings (SSSR count). The number of Topliss-reactive ketones (excluding diaryl/α,β-unsaturated/α-hetero) is 1. The molecule has 2 N–H and O–H groups in total. The normalized spacial score (nSPS) is 15.6. The number of hydrogen-bond acceptors (Lipinski definition) is 4. The van der Waals surface area contributed by atoms with E-state index in [1.165, 1.54) is 24.0 Å². The molecule has 0 atom stereocenters. The van der Waals surface area contributed by atoms with E-state index in [0.29, 0.717) is 5.56 Å². The van der Waals surface area contributed by atoms with Gasteiger partial charge in [-0.05, 0) is 24.6 Å². The molecule has 0 radical (unpaired) electrons. The van der Waals surface area contributed by atoms with Crippen molar-refractivity contribution >= 4 is 15.8 Å². The first-order valence-electron chi connectivity index (χ1n) is 9.04. The summed E-state index contributed by atoms with van der Waals surface area (Å²) in [5.74, 6) is -0.161. The molecule has 0 aromatic heterocycles. The topological polar surface area (TPSA) is 76.9 Å². The van der Waals surface area contributed by atoms with Crippen LogP contribution in [0.5, 0.6) is 0 Å². The lowest BCUT2D eigenvalue weighted by Gasteiger charge is -2.24. The van der Waals surface area contributed by atoms with Gasteiger partial charge in [0, 0.05) is 17.7 Å². The lowest BCUT2D eigenvalue weighted by Crippen LogP contribution is -3.12. The van der Waals surface area contributed by atoms with E-state index in [9.17, 15) is 13.2 Å². The second-order valence-corrected chi connectivity index (χ2v) is 8.48. The zero-order chi connectivity index (χ0) is 19.3. The molecule has 2 aromatic rings. The number of morpholine rings is 1. The van der Waals surface area contributed by atoms with Gasteiger partial charge >= 0.3 is 0 Å². The van der Waals surface area contributed by atoms with E-state index in [1.807, 2.05) is 24.3 Å². The molecule has 1 aliphatic heterocycles. The number of sulfonamides is 1. The summed E-state index contributed by atoms with van der Waals surface area (Å²) >= 11 is 0. The van der Waals surface area contributed by atoms with E-state index in [2.05, 4.69) is 4.72 Å².